The van der Waals surface area contributed by atoms with E-state index in [0.29, 0.717) is 23.8 Å². The van der Waals surface area contributed by atoms with Crippen molar-refractivity contribution < 1.29 is 14.3 Å². The molecular weight excluding hydrogens is 208 g/mol. The molecule has 74 valence electrons. The van der Waals surface area contributed by atoms with E-state index in [0.717, 1.165) is 0 Å². The van der Waals surface area contributed by atoms with Crippen LogP contribution in [0.1, 0.15) is 26.7 Å². The van der Waals surface area contributed by atoms with Crippen molar-refractivity contribution in [1.82, 2.24) is 0 Å². The minimum absolute atomic E-state index is 0.158. The molecule has 1 rings (SSSR count). The normalized spacial score (nSPS) is 27.1. The molecular formula is C8H12O3S2. The summed E-state index contributed by atoms with van der Waals surface area (Å²) in [5, 5.41) is 0. The van der Waals surface area contributed by atoms with E-state index < -0.39 is 4.93 Å². The lowest BCUT2D eigenvalue weighted by Gasteiger charge is -2.21. The maximum absolute atomic E-state index is 10.9. The van der Waals surface area contributed by atoms with E-state index in [1.54, 1.807) is 0 Å². The molecule has 0 spiro atoms. The Morgan fingerprint density at radius 1 is 1.85 bits per heavy atom. The van der Waals surface area contributed by atoms with Gasteiger partial charge in [-0.05, 0) is 37.8 Å². The zero-order valence-corrected chi connectivity index (χ0v) is 9.30. The van der Waals surface area contributed by atoms with E-state index >= 15 is 0 Å². The first-order valence-electron chi connectivity index (χ1n) is 4.13. The van der Waals surface area contributed by atoms with Crippen molar-refractivity contribution in [2.75, 3.05) is 6.61 Å². The maximum Gasteiger partial charge on any atom is 0.307 e. The number of esters is 1. The number of thioether (sulfide) groups is 1. The van der Waals surface area contributed by atoms with Crippen molar-refractivity contribution in [3.05, 3.63) is 0 Å². The van der Waals surface area contributed by atoms with Gasteiger partial charge >= 0.3 is 5.97 Å². The number of hydrogen-bond acceptors (Lipinski definition) is 5. The fourth-order valence-corrected chi connectivity index (χ4v) is 2.58. The van der Waals surface area contributed by atoms with Gasteiger partial charge in [0.15, 0.2) is 4.93 Å². The Labute approximate surface area is 87.2 Å². The second-order valence-electron chi connectivity index (χ2n) is 2.89. The van der Waals surface area contributed by atoms with Gasteiger partial charge in [-0.1, -0.05) is 0 Å². The molecule has 1 aliphatic heterocycles. The highest BCUT2D eigenvalue weighted by molar-refractivity contribution is 8.23. The summed E-state index contributed by atoms with van der Waals surface area (Å²) < 4.78 is 10.7. The van der Waals surface area contributed by atoms with Crippen LogP contribution in [0.25, 0.3) is 0 Å². The van der Waals surface area contributed by atoms with E-state index in [1.165, 1.54) is 11.8 Å². The number of rotatable bonds is 2. The molecule has 0 amide bonds. The second kappa shape index (κ2) is 4.28. The van der Waals surface area contributed by atoms with Crippen molar-refractivity contribution >= 4 is 34.3 Å². The first-order valence-corrected chi connectivity index (χ1v) is 5.36. The summed E-state index contributed by atoms with van der Waals surface area (Å²) in [6.45, 7) is 4.28. The van der Waals surface area contributed by atoms with Crippen LogP contribution in [0.5, 0.6) is 0 Å². The van der Waals surface area contributed by atoms with Crippen molar-refractivity contribution in [3.63, 3.8) is 0 Å². The molecule has 1 atom stereocenters. The Balaban J connectivity index is 2.43. The van der Waals surface area contributed by atoms with E-state index in [2.05, 4.69) is 0 Å². The molecule has 0 bridgehead atoms. The smallest absolute Gasteiger partial charge is 0.307 e. The molecule has 1 unspecified atom stereocenters. The summed E-state index contributed by atoms with van der Waals surface area (Å²) in [6.07, 6.45) is 1.17. The lowest BCUT2D eigenvalue weighted by atomic mass is 10.2. The lowest BCUT2D eigenvalue weighted by Crippen LogP contribution is -2.21. The largest absolute Gasteiger partial charge is 0.479 e. The zero-order valence-electron chi connectivity index (χ0n) is 7.66. The summed E-state index contributed by atoms with van der Waals surface area (Å²) in [4.78, 5) is 10.4. The zero-order chi connectivity index (χ0) is 9.90. The second-order valence-corrected chi connectivity index (χ2v) is 4.96. The van der Waals surface area contributed by atoms with Crippen molar-refractivity contribution in [3.8, 4) is 0 Å². The van der Waals surface area contributed by atoms with Crippen LogP contribution in [0.4, 0.5) is 0 Å². The van der Waals surface area contributed by atoms with Gasteiger partial charge in [-0.25, -0.2) is 0 Å². The predicted molar refractivity (Wildman–Crippen MR) is 55.5 cm³/mol. The highest BCUT2D eigenvalue weighted by Crippen LogP contribution is 2.37. The van der Waals surface area contributed by atoms with E-state index in [1.807, 2.05) is 13.8 Å². The number of hydrogen-bond donors (Lipinski definition) is 0. The molecule has 0 saturated carbocycles. The Morgan fingerprint density at radius 2 is 2.54 bits per heavy atom. The summed E-state index contributed by atoms with van der Waals surface area (Å²) in [7, 11) is 0. The Bertz CT molecular complexity index is 229. The monoisotopic (exact) mass is 220 g/mol. The van der Waals surface area contributed by atoms with Gasteiger partial charge in [0.05, 0.1) is 13.0 Å². The average Bonchev–Trinajstić information content (AvgIpc) is 2.30. The third-order valence-corrected chi connectivity index (χ3v) is 3.05. The fourth-order valence-electron chi connectivity index (χ4n) is 1.07. The van der Waals surface area contributed by atoms with Crippen LogP contribution in [0.2, 0.25) is 0 Å². The van der Waals surface area contributed by atoms with Crippen LogP contribution >= 0.6 is 24.0 Å². The first-order chi connectivity index (χ1) is 6.06. The van der Waals surface area contributed by atoms with Gasteiger partial charge in [-0.2, -0.15) is 0 Å². The van der Waals surface area contributed by atoms with Crippen LogP contribution in [0.15, 0.2) is 0 Å². The van der Waals surface area contributed by atoms with Gasteiger partial charge in [0, 0.05) is 6.42 Å². The molecule has 13 heavy (non-hydrogen) atoms. The van der Waals surface area contributed by atoms with Crippen molar-refractivity contribution in [2.24, 2.45) is 0 Å². The van der Waals surface area contributed by atoms with Crippen molar-refractivity contribution in [1.29, 1.82) is 0 Å². The average molecular weight is 220 g/mol. The van der Waals surface area contributed by atoms with Crippen LogP contribution < -0.4 is 0 Å². The lowest BCUT2D eigenvalue weighted by molar-refractivity contribution is -0.142. The molecule has 0 radical (unpaired) electrons. The number of carbonyl (C=O) groups is 1. The Kier molecular flexibility index (Phi) is 3.55. The molecule has 5 heteroatoms. The molecule has 1 saturated heterocycles. The van der Waals surface area contributed by atoms with Crippen LogP contribution in [-0.2, 0) is 14.3 Å². The molecule has 0 aromatic rings. The molecule has 0 aliphatic carbocycles. The number of ether oxygens (including phenoxy) is 2. The first kappa shape index (κ1) is 10.8. The topological polar surface area (TPSA) is 35.5 Å². The van der Waals surface area contributed by atoms with Crippen LogP contribution in [0, 0.1) is 0 Å². The highest BCUT2D eigenvalue weighted by Gasteiger charge is 2.38. The standard InChI is InChI=1S/C8H12O3S2/c1-3-10-7(12)13-8(2)5-4-6(9)11-8/h3-5H2,1-2H3. The molecule has 1 aliphatic rings. The summed E-state index contributed by atoms with van der Waals surface area (Å²) in [5.41, 5.74) is 0. The minimum atomic E-state index is -0.511. The summed E-state index contributed by atoms with van der Waals surface area (Å²) in [5.74, 6) is -0.158. The fraction of sp³-hybridized carbons (Fsp3) is 0.750. The minimum Gasteiger partial charge on any atom is -0.479 e. The summed E-state index contributed by atoms with van der Waals surface area (Å²) in [6, 6.07) is 0. The molecule has 1 fully saturated rings. The quantitative estimate of drug-likeness (QED) is 0.526. The maximum atomic E-state index is 10.9. The molecule has 0 N–H and O–H groups in total. The number of thiocarbonyl (C=S) groups is 1. The van der Waals surface area contributed by atoms with Gasteiger partial charge in [-0.15, -0.1) is 0 Å². The van der Waals surface area contributed by atoms with Crippen molar-refractivity contribution in [2.45, 2.75) is 31.6 Å². The molecule has 0 aromatic heterocycles. The summed E-state index contributed by atoms with van der Waals surface area (Å²) >= 11 is 6.25. The molecule has 3 nitrogen and oxygen atoms in total. The number of cyclic esters (lactones) is 1. The van der Waals surface area contributed by atoms with E-state index in [4.69, 9.17) is 21.7 Å². The van der Waals surface area contributed by atoms with Crippen LogP contribution in [0.3, 0.4) is 0 Å². The predicted octanol–water partition coefficient (Wildman–Crippen LogP) is 2.09. The SMILES string of the molecule is CCOC(=S)SC1(C)CCC(=O)O1. The molecule has 1 heterocycles. The van der Waals surface area contributed by atoms with Gasteiger partial charge < -0.3 is 9.47 Å². The van der Waals surface area contributed by atoms with Gasteiger partial charge in [0.2, 0.25) is 4.38 Å². The number of carbonyl (C=O) groups excluding carboxylic acids is 1. The molecule has 0 aromatic carbocycles. The third-order valence-electron chi connectivity index (χ3n) is 1.67. The van der Waals surface area contributed by atoms with Gasteiger partial charge in [-0.3, -0.25) is 4.79 Å². The van der Waals surface area contributed by atoms with E-state index in [-0.39, 0.29) is 5.97 Å². The Morgan fingerprint density at radius 3 is 3.00 bits per heavy atom. The Hall–Kier alpha value is -0.290. The van der Waals surface area contributed by atoms with Gasteiger partial charge in [0.1, 0.15) is 0 Å². The van der Waals surface area contributed by atoms with Gasteiger partial charge in [0.25, 0.3) is 0 Å². The van der Waals surface area contributed by atoms with Crippen LogP contribution in [-0.4, -0.2) is 21.9 Å². The van der Waals surface area contributed by atoms with E-state index in [9.17, 15) is 4.79 Å². The third kappa shape index (κ3) is 3.15. The highest BCUT2D eigenvalue weighted by atomic mass is 32.2.